The fourth-order valence-electron chi connectivity index (χ4n) is 1.76. The van der Waals surface area contributed by atoms with E-state index in [4.69, 9.17) is 0 Å². The molecular formula is C11H24N2O2S. The zero-order valence-electron chi connectivity index (χ0n) is 10.8. The number of nitrogens with zero attached hydrogens (tertiary/aromatic N) is 1. The number of hydrogen-bond donors (Lipinski definition) is 1. The standard InChI is InChI=1S/C11H24N2O2S/c1-10-9-12-5-6-13(10)7-8-16(14,15)11(2,3)4/h10,12H,5-9H2,1-4H3/t10-/m1/s1. The highest BCUT2D eigenvalue weighted by molar-refractivity contribution is 7.92. The minimum atomic E-state index is -2.98. The lowest BCUT2D eigenvalue weighted by atomic mass is 10.2. The predicted molar refractivity (Wildman–Crippen MR) is 67.4 cm³/mol. The molecule has 5 heteroatoms. The van der Waals surface area contributed by atoms with Gasteiger partial charge in [0.15, 0.2) is 9.84 Å². The third kappa shape index (κ3) is 3.43. The Balaban J connectivity index is 2.51. The van der Waals surface area contributed by atoms with Gasteiger partial charge in [-0.05, 0) is 27.7 Å². The lowest BCUT2D eigenvalue weighted by Gasteiger charge is -2.34. The highest BCUT2D eigenvalue weighted by atomic mass is 32.2. The molecule has 0 radical (unpaired) electrons. The van der Waals surface area contributed by atoms with Gasteiger partial charge in [0, 0.05) is 32.2 Å². The van der Waals surface area contributed by atoms with E-state index < -0.39 is 14.6 Å². The molecule has 1 atom stereocenters. The maximum Gasteiger partial charge on any atom is 0.156 e. The molecule has 0 bridgehead atoms. The van der Waals surface area contributed by atoms with Crippen molar-refractivity contribution in [1.82, 2.24) is 10.2 Å². The van der Waals surface area contributed by atoms with Crippen LogP contribution < -0.4 is 5.32 Å². The monoisotopic (exact) mass is 248 g/mol. The van der Waals surface area contributed by atoms with Crippen molar-refractivity contribution in [2.24, 2.45) is 0 Å². The summed E-state index contributed by atoms with van der Waals surface area (Å²) >= 11 is 0. The maximum atomic E-state index is 12.0. The number of sulfone groups is 1. The molecule has 1 aliphatic rings. The minimum absolute atomic E-state index is 0.265. The van der Waals surface area contributed by atoms with Gasteiger partial charge in [0.2, 0.25) is 0 Å². The molecule has 0 amide bonds. The van der Waals surface area contributed by atoms with Gasteiger partial charge >= 0.3 is 0 Å². The molecule has 1 fully saturated rings. The van der Waals surface area contributed by atoms with E-state index in [9.17, 15) is 8.42 Å². The molecule has 4 nitrogen and oxygen atoms in total. The molecule has 0 aromatic heterocycles. The van der Waals surface area contributed by atoms with Crippen molar-refractivity contribution in [2.45, 2.75) is 38.5 Å². The van der Waals surface area contributed by atoms with Crippen LogP contribution in [0.25, 0.3) is 0 Å². The minimum Gasteiger partial charge on any atom is -0.314 e. The summed E-state index contributed by atoms with van der Waals surface area (Å²) in [7, 11) is -2.98. The van der Waals surface area contributed by atoms with Gasteiger partial charge in [-0.25, -0.2) is 8.42 Å². The highest BCUT2D eigenvalue weighted by Gasteiger charge is 2.30. The smallest absolute Gasteiger partial charge is 0.156 e. The molecule has 96 valence electrons. The van der Waals surface area contributed by atoms with E-state index in [-0.39, 0.29) is 5.75 Å². The second-order valence-corrected chi connectivity index (χ2v) is 8.38. The van der Waals surface area contributed by atoms with Gasteiger partial charge < -0.3 is 5.32 Å². The molecule has 0 spiro atoms. The molecule has 0 unspecified atom stereocenters. The summed E-state index contributed by atoms with van der Waals surface area (Å²) in [5.41, 5.74) is 0. The first-order chi connectivity index (χ1) is 7.24. The predicted octanol–water partition coefficient (Wildman–Crippen LogP) is 0.493. The van der Waals surface area contributed by atoms with E-state index >= 15 is 0 Å². The molecule has 1 saturated heterocycles. The van der Waals surface area contributed by atoms with E-state index in [0.29, 0.717) is 12.6 Å². The van der Waals surface area contributed by atoms with Crippen molar-refractivity contribution >= 4 is 9.84 Å². The molecule has 0 aromatic rings. The van der Waals surface area contributed by atoms with Crippen LogP contribution in [0.3, 0.4) is 0 Å². The zero-order chi connectivity index (χ0) is 12.4. The van der Waals surface area contributed by atoms with E-state index in [2.05, 4.69) is 17.1 Å². The third-order valence-corrected chi connectivity index (χ3v) is 5.81. The Morgan fingerprint density at radius 2 is 2.00 bits per heavy atom. The van der Waals surface area contributed by atoms with E-state index in [1.54, 1.807) is 20.8 Å². The fourth-order valence-corrected chi connectivity index (χ4v) is 2.85. The summed E-state index contributed by atoms with van der Waals surface area (Å²) in [6.07, 6.45) is 0. The first kappa shape index (κ1) is 13.9. The Morgan fingerprint density at radius 1 is 1.38 bits per heavy atom. The molecule has 0 saturated carbocycles. The third-order valence-electron chi connectivity index (χ3n) is 3.22. The van der Waals surface area contributed by atoms with Crippen LogP contribution in [0.4, 0.5) is 0 Å². The Labute approximate surface area is 99.3 Å². The second-order valence-electron chi connectivity index (χ2n) is 5.52. The van der Waals surface area contributed by atoms with Gasteiger partial charge in [-0.1, -0.05) is 0 Å². The largest absolute Gasteiger partial charge is 0.314 e. The Kier molecular flexibility index (Phi) is 4.37. The first-order valence-electron chi connectivity index (χ1n) is 5.91. The summed E-state index contributed by atoms with van der Waals surface area (Å²) < 4.78 is 23.3. The van der Waals surface area contributed by atoms with Crippen molar-refractivity contribution in [3.05, 3.63) is 0 Å². The molecule has 1 aliphatic heterocycles. The Bertz CT molecular complexity index is 319. The molecular weight excluding hydrogens is 224 g/mol. The van der Waals surface area contributed by atoms with E-state index in [0.717, 1.165) is 19.6 Å². The van der Waals surface area contributed by atoms with Crippen LogP contribution >= 0.6 is 0 Å². The molecule has 1 heterocycles. The molecule has 1 N–H and O–H groups in total. The van der Waals surface area contributed by atoms with Crippen molar-refractivity contribution in [2.75, 3.05) is 31.9 Å². The summed E-state index contributed by atoms with van der Waals surface area (Å²) in [6.45, 7) is 10.9. The maximum absolute atomic E-state index is 12.0. The first-order valence-corrected chi connectivity index (χ1v) is 7.56. The Hall–Kier alpha value is -0.130. The van der Waals surface area contributed by atoms with Crippen molar-refractivity contribution in [3.8, 4) is 0 Å². The molecule has 0 aromatic carbocycles. The zero-order valence-corrected chi connectivity index (χ0v) is 11.6. The van der Waals surface area contributed by atoms with Crippen LogP contribution in [-0.2, 0) is 9.84 Å². The summed E-state index contributed by atoms with van der Waals surface area (Å²) in [5, 5.41) is 3.30. The van der Waals surface area contributed by atoms with Crippen LogP contribution in [0.15, 0.2) is 0 Å². The SMILES string of the molecule is C[C@@H]1CNCCN1CCS(=O)(=O)C(C)(C)C. The molecule has 0 aliphatic carbocycles. The summed E-state index contributed by atoms with van der Waals surface area (Å²) in [6, 6.07) is 0.434. The average Bonchev–Trinajstić information content (AvgIpc) is 2.15. The van der Waals surface area contributed by atoms with Crippen LogP contribution in [0.1, 0.15) is 27.7 Å². The lowest BCUT2D eigenvalue weighted by molar-refractivity contribution is 0.183. The molecule has 16 heavy (non-hydrogen) atoms. The fraction of sp³-hybridized carbons (Fsp3) is 1.00. The second kappa shape index (κ2) is 5.02. The van der Waals surface area contributed by atoms with Crippen molar-refractivity contribution in [1.29, 1.82) is 0 Å². The normalized spacial score (nSPS) is 24.6. The lowest BCUT2D eigenvalue weighted by Crippen LogP contribution is -2.51. The van der Waals surface area contributed by atoms with Gasteiger partial charge in [-0.3, -0.25) is 4.90 Å². The quantitative estimate of drug-likeness (QED) is 0.790. The van der Waals surface area contributed by atoms with Crippen LogP contribution in [-0.4, -0.2) is 56.0 Å². The van der Waals surface area contributed by atoms with Gasteiger partial charge in [0.05, 0.1) is 10.5 Å². The van der Waals surface area contributed by atoms with Crippen LogP contribution in [0, 0.1) is 0 Å². The van der Waals surface area contributed by atoms with Crippen LogP contribution in [0.5, 0.6) is 0 Å². The summed E-state index contributed by atoms with van der Waals surface area (Å²) in [4.78, 5) is 2.25. The van der Waals surface area contributed by atoms with Gasteiger partial charge in [-0.2, -0.15) is 0 Å². The number of rotatable bonds is 3. The summed E-state index contributed by atoms with van der Waals surface area (Å²) in [5.74, 6) is 0.265. The molecule has 1 rings (SSSR count). The Morgan fingerprint density at radius 3 is 2.50 bits per heavy atom. The van der Waals surface area contributed by atoms with Gasteiger partial charge in [-0.15, -0.1) is 0 Å². The van der Waals surface area contributed by atoms with Gasteiger partial charge in [0.1, 0.15) is 0 Å². The van der Waals surface area contributed by atoms with Gasteiger partial charge in [0.25, 0.3) is 0 Å². The number of piperazine rings is 1. The highest BCUT2D eigenvalue weighted by Crippen LogP contribution is 2.16. The van der Waals surface area contributed by atoms with Crippen LogP contribution in [0.2, 0.25) is 0 Å². The van der Waals surface area contributed by atoms with Crippen molar-refractivity contribution in [3.63, 3.8) is 0 Å². The average molecular weight is 248 g/mol. The number of hydrogen-bond acceptors (Lipinski definition) is 4. The van der Waals surface area contributed by atoms with E-state index in [1.807, 2.05) is 0 Å². The topological polar surface area (TPSA) is 49.4 Å². The van der Waals surface area contributed by atoms with E-state index in [1.165, 1.54) is 0 Å². The van der Waals surface area contributed by atoms with Crippen molar-refractivity contribution < 1.29 is 8.42 Å². The number of nitrogens with one attached hydrogen (secondary N) is 1.